The topological polar surface area (TPSA) is 44.7 Å². The van der Waals surface area contributed by atoms with Crippen LogP contribution < -0.4 is 5.46 Å². The van der Waals surface area contributed by atoms with Gasteiger partial charge in [-0.25, -0.2) is 0 Å². The van der Waals surface area contributed by atoms with Gasteiger partial charge < -0.3 is 18.1 Å². The van der Waals surface area contributed by atoms with E-state index in [1.54, 1.807) is 6.26 Å². The first-order chi connectivity index (χ1) is 11.9. The normalized spacial score (nSPS) is 19.4. The van der Waals surface area contributed by atoms with E-state index in [0.29, 0.717) is 0 Å². The second kappa shape index (κ2) is 4.68. The first-order valence-electron chi connectivity index (χ1n) is 8.54. The maximum Gasteiger partial charge on any atom is 0.498 e. The maximum absolute atomic E-state index is 6.25. The highest BCUT2D eigenvalue weighted by atomic mass is 16.7. The number of rotatable bonds is 1. The summed E-state index contributed by atoms with van der Waals surface area (Å²) in [5, 5.41) is 3.11. The van der Waals surface area contributed by atoms with Crippen LogP contribution >= 0.6 is 0 Å². The Hall–Kier alpha value is -2.24. The lowest BCUT2D eigenvalue weighted by Gasteiger charge is -2.32. The monoisotopic (exact) mass is 334 g/mol. The number of benzene rings is 2. The van der Waals surface area contributed by atoms with Crippen LogP contribution in [0.15, 0.2) is 51.5 Å². The van der Waals surface area contributed by atoms with Crippen molar-refractivity contribution in [2.75, 3.05) is 0 Å². The lowest BCUT2D eigenvalue weighted by Crippen LogP contribution is -2.41. The minimum Gasteiger partial charge on any atom is -0.460 e. The van der Waals surface area contributed by atoms with Crippen LogP contribution in [0.5, 0.6) is 0 Å². The van der Waals surface area contributed by atoms with Crippen molar-refractivity contribution in [3.63, 3.8) is 0 Å². The van der Waals surface area contributed by atoms with Gasteiger partial charge in [-0.2, -0.15) is 0 Å². The van der Waals surface area contributed by atoms with E-state index in [2.05, 4.69) is 45.9 Å². The van der Waals surface area contributed by atoms with Gasteiger partial charge in [-0.1, -0.05) is 24.3 Å². The van der Waals surface area contributed by atoms with Crippen molar-refractivity contribution in [3.05, 3.63) is 42.7 Å². The molecule has 0 bridgehead atoms. The second-order valence-corrected chi connectivity index (χ2v) is 7.70. The van der Waals surface area contributed by atoms with E-state index in [9.17, 15) is 0 Å². The van der Waals surface area contributed by atoms with Gasteiger partial charge in [-0.15, -0.1) is 0 Å². The summed E-state index contributed by atoms with van der Waals surface area (Å²) in [4.78, 5) is 0. The van der Waals surface area contributed by atoms with Crippen molar-refractivity contribution in [2.45, 2.75) is 38.9 Å². The molecule has 0 saturated carbocycles. The minimum absolute atomic E-state index is 0.389. The van der Waals surface area contributed by atoms with Crippen LogP contribution in [0, 0.1) is 0 Å². The molecule has 0 unspecified atom stereocenters. The Balaban J connectivity index is 1.76. The van der Waals surface area contributed by atoms with Crippen LogP contribution in [0.25, 0.3) is 32.9 Å². The zero-order valence-corrected chi connectivity index (χ0v) is 14.8. The predicted octanol–water partition coefficient (Wildman–Crippen LogP) is 4.63. The fraction of sp³-hybridized carbons (Fsp3) is 0.300. The first kappa shape index (κ1) is 15.1. The summed E-state index contributed by atoms with van der Waals surface area (Å²) >= 11 is 0. The Bertz CT molecular complexity index is 1100. The number of para-hydroxylation sites is 1. The van der Waals surface area contributed by atoms with Gasteiger partial charge in [0.25, 0.3) is 0 Å². The van der Waals surface area contributed by atoms with Crippen LogP contribution in [0.3, 0.4) is 0 Å². The Kier molecular flexibility index (Phi) is 2.82. The molecule has 5 rings (SSSR count). The number of hydrogen-bond donors (Lipinski definition) is 0. The average molecular weight is 334 g/mol. The fourth-order valence-electron chi connectivity index (χ4n) is 3.46. The van der Waals surface area contributed by atoms with Crippen molar-refractivity contribution in [1.82, 2.24) is 0 Å². The zero-order chi connectivity index (χ0) is 17.4. The van der Waals surface area contributed by atoms with E-state index in [0.717, 1.165) is 38.4 Å². The molecule has 5 heteroatoms. The standard InChI is InChI=1S/C20H19BO4/c1-19(2)20(3,4)25-21(24-19)15-7-5-6-13-14-9-8-12-10-11-22-16(12)18(14)23-17(13)15/h5-11H,1-4H3. The lowest BCUT2D eigenvalue weighted by atomic mass is 9.78. The summed E-state index contributed by atoms with van der Waals surface area (Å²) in [5.41, 5.74) is 2.46. The smallest absolute Gasteiger partial charge is 0.460 e. The largest absolute Gasteiger partial charge is 0.498 e. The van der Waals surface area contributed by atoms with Gasteiger partial charge in [0.2, 0.25) is 0 Å². The Morgan fingerprint density at radius 1 is 0.760 bits per heavy atom. The van der Waals surface area contributed by atoms with Crippen LogP contribution in [0.2, 0.25) is 0 Å². The molecule has 0 spiro atoms. The molecule has 1 saturated heterocycles. The highest BCUT2D eigenvalue weighted by molar-refractivity contribution is 6.65. The molecule has 0 amide bonds. The van der Waals surface area contributed by atoms with Crippen LogP contribution in [-0.4, -0.2) is 18.3 Å². The maximum atomic E-state index is 6.25. The van der Waals surface area contributed by atoms with Gasteiger partial charge in [-0.3, -0.25) is 0 Å². The summed E-state index contributed by atoms with van der Waals surface area (Å²) < 4.78 is 24.3. The molecule has 0 radical (unpaired) electrons. The third-order valence-electron chi connectivity index (χ3n) is 5.62. The molecule has 1 aliphatic rings. The molecule has 0 N–H and O–H groups in total. The average Bonchev–Trinajstić information content (AvgIpc) is 3.21. The molecule has 126 valence electrons. The first-order valence-corrected chi connectivity index (χ1v) is 8.54. The van der Waals surface area contributed by atoms with E-state index < -0.39 is 7.12 Å². The summed E-state index contributed by atoms with van der Waals surface area (Å²) in [6.45, 7) is 8.21. The highest BCUT2D eigenvalue weighted by Crippen LogP contribution is 2.38. The molecule has 1 aliphatic heterocycles. The number of fused-ring (bicyclic) bond motifs is 5. The molecule has 4 aromatic rings. The summed E-state index contributed by atoms with van der Waals surface area (Å²) in [5.74, 6) is 0. The van der Waals surface area contributed by atoms with Crippen molar-refractivity contribution in [2.24, 2.45) is 0 Å². The molecule has 25 heavy (non-hydrogen) atoms. The Morgan fingerprint density at radius 2 is 1.48 bits per heavy atom. The lowest BCUT2D eigenvalue weighted by molar-refractivity contribution is 0.00578. The van der Waals surface area contributed by atoms with E-state index >= 15 is 0 Å². The predicted molar refractivity (Wildman–Crippen MR) is 99.2 cm³/mol. The van der Waals surface area contributed by atoms with E-state index in [1.807, 2.05) is 18.2 Å². The third-order valence-corrected chi connectivity index (χ3v) is 5.62. The van der Waals surface area contributed by atoms with E-state index in [-0.39, 0.29) is 11.2 Å². The van der Waals surface area contributed by atoms with Gasteiger partial charge in [0, 0.05) is 21.6 Å². The molecular formula is C20H19BO4. The van der Waals surface area contributed by atoms with Gasteiger partial charge in [0.15, 0.2) is 11.2 Å². The minimum atomic E-state index is -0.457. The van der Waals surface area contributed by atoms with Gasteiger partial charge in [0.05, 0.1) is 17.5 Å². The van der Waals surface area contributed by atoms with Crippen molar-refractivity contribution in [1.29, 1.82) is 0 Å². The number of furan rings is 2. The molecule has 2 aromatic heterocycles. The quantitative estimate of drug-likeness (QED) is 0.476. The molecule has 2 aromatic carbocycles. The van der Waals surface area contributed by atoms with Gasteiger partial charge >= 0.3 is 7.12 Å². The molecular weight excluding hydrogens is 315 g/mol. The fourth-order valence-corrected chi connectivity index (χ4v) is 3.46. The van der Waals surface area contributed by atoms with Gasteiger partial charge in [0.1, 0.15) is 5.58 Å². The molecule has 3 heterocycles. The third kappa shape index (κ3) is 1.97. The molecule has 1 fully saturated rings. The highest BCUT2D eigenvalue weighted by Gasteiger charge is 2.52. The summed E-state index contributed by atoms with van der Waals surface area (Å²) in [6, 6.07) is 12.2. The van der Waals surface area contributed by atoms with Crippen LogP contribution in [0.1, 0.15) is 27.7 Å². The van der Waals surface area contributed by atoms with E-state index in [4.69, 9.17) is 18.1 Å². The Labute approximate surface area is 145 Å². The van der Waals surface area contributed by atoms with Crippen LogP contribution in [0.4, 0.5) is 0 Å². The number of hydrogen-bond acceptors (Lipinski definition) is 4. The van der Waals surface area contributed by atoms with Crippen LogP contribution in [-0.2, 0) is 9.31 Å². The van der Waals surface area contributed by atoms with Gasteiger partial charge in [-0.05, 0) is 39.8 Å². The molecule has 4 nitrogen and oxygen atoms in total. The molecule has 0 aliphatic carbocycles. The van der Waals surface area contributed by atoms with E-state index in [1.165, 1.54) is 0 Å². The van der Waals surface area contributed by atoms with Crippen molar-refractivity contribution in [3.8, 4) is 0 Å². The zero-order valence-electron chi connectivity index (χ0n) is 14.8. The summed E-state index contributed by atoms with van der Waals surface area (Å²) in [7, 11) is -0.457. The Morgan fingerprint density at radius 3 is 2.24 bits per heavy atom. The van der Waals surface area contributed by atoms with Crippen molar-refractivity contribution < 1.29 is 18.1 Å². The van der Waals surface area contributed by atoms with Crippen molar-refractivity contribution >= 4 is 45.5 Å². The SMILES string of the molecule is CC1(C)OB(c2cccc3c2oc2c3ccc3ccoc32)OC1(C)C. The summed E-state index contributed by atoms with van der Waals surface area (Å²) in [6.07, 6.45) is 1.69. The second-order valence-electron chi connectivity index (χ2n) is 7.70. The molecule has 0 atom stereocenters.